The minimum absolute atomic E-state index is 0.562. The van der Waals surface area contributed by atoms with Gasteiger partial charge in [0, 0.05) is 12.4 Å². The molecule has 0 radical (unpaired) electrons. The van der Waals surface area contributed by atoms with Crippen LogP contribution >= 0.6 is 0 Å². The van der Waals surface area contributed by atoms with Gasteiger partial charge in [0.1, 0.15) is 6.07 Å². The minimum Gasteiger partial charge on any atom is -0.378 e. The van der Waals surface area contributed by atoms with Crippen LogP contribution in [0.4, 0.5) is 5.69 Å². The molecule has 0 aliphatic carbocycles. The zero-order valence-corrected chi connectivity index (χ0v) is 8.59. The summed E-state index contributed by atoms with van der Waals surface area (Å²) in [5.74, 6) is 0. The van der Waals surface area contributed by atoms with Gasteiger partial charge < -0.3 is 5.32 Å². The summed E-state index contributed by atoms with van der Waals surface area (Å²) in [6, 6.07) is 9.51. The first-order chi connectivity index (χ1) is 7.90. The third kappa shape index (κ3) is 2.34. The normalized spacial score (nSPS) is 9.44. The van der Waals surface area contributed by atoms with Crippen molar-refractivity contribution in [1.29, 1.82) is 5.26 Å². The summed E-state index contributed by atoms with van der Waals surface area (Å²) in [5, 5.41) is 12.1. The quantitative estimate of drug-likeness (QED) is 0.841. The average Bonchev–Trinajstić information content (AvgIpc) is 2.38. The Balaban J connectivity index is 2.09. The Kier molecular flexibility index (Phi) is 3.10. The van der Waals surface area contributed by atoms with Crippen LogP contribution in [0.5, 0.6) is 0 Å². The molecule has 0 saturated heterocycles. The highest BCUT2D eigenvalue weighted by atomic mass is 14.9. The summed E-state index contributed by atoms with van der Waals surface area (Å²) in [6.07, 6.45) is 4.97. The number of para-hydroxylation sites is 1. The lowest BCUT2D eigenvalue weighted by atomic mass is 10.2. The standard InChI is InChI=1S/C12H10N4/c13-7-10-3-1-2-4-12(10)16-9-11-8-14-5-6-15-11/h1-6,8,16H,9H2. The Labute approximate surface area is 93.6 Å². The molecule has 16 heavy (non-hydrogen) atoms. The number of anilines is 1. The summed E-state index contributed by atoms with van der Waals surface area (Å²) in [7, 11) is 0. The summed E-state index contributed by atoms with van der Waals surface area (Å²) in [5.41, 5.74) is 2.29. The van der Waals surface area contributed by atoms with E-state index >= 15 is 0 Å². The fourth-order valence-electron chi connectivity index (χ4n) is 1.34. The van der Waals surface area contributed by atoms with Gasteiger partial charge in [-0.25, -0.2) is 0 Å². The fraction of sp³-hybridized carbons (Fsp3) is 0.0833. The molecule has 1 N–H and O–H groups in total. The Bertz CT molecular complexity index is 502. The molecule has 0 bridgehead atoms. The van der Waals surface area contributed by atoms with Gasteiger partial charge in [-0.3, -0.25) is 9.97 Å². The number of nitrogens with one attached hydrogen (secondary N) is 1. The number of hydrogen-bond donors (Lipinski definition) is 1. The zero-order chi connectivity index (χ0) is 11.2. The van der Waals surface area contributed by atoms with Gasteiger partial charge in [-0.1, -0.05) is 12.1 Å². The van der Waals surface area contributed by atoms with E-state index in [0.29, 0.717) is 12.1 Å². The average molecular weight is 210 g/mol. The summed E-state index contributed by atoms with van der Waals surface area (Å²) in [4.78, 5) is 8.11. The summed E-state index contributed by atoms with van der Waals surface area (Å²) >= 11 is 0. The van der Waals surface area contributed by atoms with Crippen LogP contribution in [0.1, 0.15) is 11.3 Å². The van der Waals surface area contributed by atoms with Crippen LogP contribution in [-0.2, 0) is 6.54 Å². The first kappa shape index (κ1) is 10.1. The van der Waals surface area contributed by atoms with Crippen molar-refractivity contribution in [3.63, 3.8) is 0 Å². The molecule has 2 rings (SSSR count). The molecule has 0 amide bonds. The van der Waals surface area contributed by atoms with Crippen molar-refractivity contribution >= 4 is 5.69 Å². The fourth-order valence-corrected chi connectivity index (χ4v) is 1.34. The van der Waals surface area contributed by atoms with E-state index in [1.54, 1.807) is 24.7 Å². The van der Waals surface area contributed by atoms with Crippen molar-refractivity contribution in [2.45, 2.75) is 6.54 Å². The van der Waals surface area contributed by atoms with Crippen LogP contribution in [0.2, 0.25) is 0 Å². The van der Waals surface area contributed by atoms with Crippen molar-refractivity contribution < 1.29 is 0 Å². The molecule has 0 saturated carbocycles. The van der Waals surface area contributed by atoms with Crippen LogP contribution in [0.3, 0.4) is 0 Å². The van der Waals surface area contributed by atoms with Gasteiger partial charge in [-0.05, 0) is 12.1 Å². The molecule has 0 fully saturated rings. The first-order valence-electron chi connectivity index (χ1n) is 4.88. The van der Waals surface area contributed by atoms with Crippen molar-refractivity contribution in [3.8, 4) is 6.07 Å². The monoisotopic (exact) mass is 210 g/mol. The lowest BCUT2D eigenvalue weighted by Gasteiger charge is -2.06. The van der Waals surface area contributed by atoms with Crippen LogP contribution in [0.15, 0.2) is 42.9 Å². The van der Waals surface area contributed by atoms with Gasteiger partial charge in [0.2, 0.25) is 0 Å². The SMILES string of the molecule is N#Cc1ccccc1NCc1cnccn1. The number of nitrogens with zero attached hydrogens (tertiary/aromatic N) is 3. The van der Waals surface area contributed by atoms with E-state index in [9.17, 15) is 0 Å². The Hall–Kier alpha value is -2.41. The molecule has 0 atom stereocenters. The molecule has 2 aromatic rings. The Morgan fingerprint density at radius 3 is 2.88 bits per heavy atom. The highest BCUT2D eigenvalue weighted by Gasteiger charge is 2.00. The van der Waals surface area contributed by atoms with Crippen molar-refractivity contribution in [1.82, 2.24) is 9.97 Å². The van der Waals surface area contributed by atoms with E-state index in [-0.39, 0.29) is 0 Å². The molecule has 4 nitrogen and oxygen atoms in total. The molecule has 0 aliphatic heterocycles. The van der Waals surface area contributed by atoms with Gasteiger partial charge in [-0.15, -0.1) is 0 Å². The number of aromatic nitrogens is 2. The molecular formula is C12H10N4. The number of benzene rings is 1. The van der Waals surface area contributed by atoms with E-state index in [0.717, 1.165) is 11.4 Å². The molecular weight excluding hydrogens is 200 g/mol. The Morgan fingerprint density at radius 2 is 2.12 bits per heavy atom. The third-order valence-corrected chi connectivity index (χ3v) is 2.12. The van der Waals surface area contributed by atoms with E-state index in [2.05, 4.69) is 21.4 Å². The molecule has 1 heterocycles. The van der Waals surface area contributed by atoms with Gasteiger partial charge in [0.15, 0.2) is 0 Å². The molecule has 1 aromatic carbocycles. The predicted octanol–water partition coefficient (Wildman–Crippen LogP) is 1.96. The topological polar surface area (TPSA) is 61.6 Å². The molecule has 0 aliphatic rings. The second kappa shape index (κ2) is 4.89. The van der Waals surface area contributed by atoms with Gasteiger partial charge in [0.25, 0.3) is 0 Å². The minimum atomic E-state index is 0.562. The first-order valence-corrected chi connectivity index (χ1v) is 4.88. The van der Waals surface area contributed by atoms with Crippen LogP contribution < -0.4 is 5.32 Å². The molecule has 78 valence electrons. The van der Waals surface area contributed by atoms with Crippen LogP contribution in [0, 0.1) is 11.3 Å². The third-order valence-electron chi connectivity index (χ3n) is 2.12. The molecule has 0 unspecified atom stereocenters. The van der Waals surface area contributed by atoms with Crippen molar-refractivity contribution in [3.05, 3.63) is 54.1 Å². The number of rotatable bonds is 3. The molecule has 1 aromatic heterocycles. The van der Waals surface area contributed by atoms with Crippen LogP contribution in [-0.4, -0.2) is 9.97 Å². The van der Waals surface area contributed by atoms with E-state index < -0.39 is 0 Å². The zero-order valence-electron chi connectivity index (χ0n) is 8.59. The van der Waals surface area contributed by atoms with Crippen molar-refractivity contribution in [2.24, 2.45) is 0 Å². The van der Waals surface area contributed by atoms with Crippen molar-refractivity contribution in [2.75, 3.05) is 5.32 Å². The summed E-state index contributed by atoms with van der Waals surface area (Å²) in [6.45, 7) is 0.562. The second-order valence-corrected chi connectivity index (χ2v) is 3.21. The van der Waals surface area contributed by atoms with E-state index in [4.69, 9.17) is 5.26 Å². The lowest BCUT2D eigenvalue weighted by molar-refractivity contribution is 1.01. The number of hydrogen-bond acceptors (Lipinski definition) is 4. The van der Waals surface area contributed by atoms with Gasteiger partial charge in [-0.2, -0.15) is 5.26 Å². The maximum absolute atomic E-state index is 8.90. The largest absolute Gasteiger partial charge is 0.378 e. The van der Waals surface area contributed by atoms with Gasteiger partial charge >= 0.3 is 0 Å². The number of nitriles is 1. The van der Waals surface area contributed by atoms with E-state index in [1.807, 2.05) is 18.2 Å². The highest BCUT2D eigenvalue weighted by molar-refractivity contribution is 5.57. The maximum atomic E-state index is 8.90. The highest BCUT2D eigenvalue weighted by Crippen LogP contribution is 2.13. The maximum Gasteiger partial charge on any atom is 0.101 e. The van der Waals surface area contributed by atoms with E-state index in [1.165, 1.54) is 0 Å². The molecule has 0 spiro atoms. The Morgan fingerprint density at radius 1 is 1.25 bits per heavy atom. The smallest absolute Gasteiger partial charge is 0.101 e. The molecule has 4 heteroatoms. The second-order valence-electron chi connectivity index (χ2n) is 3.21. The van der Waals surface area contributed by atoms with Gasteiger partial charge in [0.05, 0.1) is 29.7 Å². The predicted molar refractivity (Wildman–Crippen MR) is 60.5 cm³/mol. The lowest BCUT2D eigenvalue weighted by Crippen LogP contribution is -2.03. The van der Waals surface area contributed by atoms with Crippen LogP contribution in [0.25, 0.3) is 0 Å². The summed E-state index contributed by atoms with van der Waals surface area (Å²) < 4.78 is 0.